The largest absolute Gasteiger partial charge is 0.368 e. The summed E-state index contributed by atoms with van der Waals surface area (Å²) in [5.41, 5.74) is 5.60. The smallest absolute Gasteiger partial charge is 0.256 e. The topological polar surface area (TPSA) is 74.2 Å². The molecule has 6 heteroatoms. The van der Waals surface area contributed by atoms with Crippen LogP contribution in [-0.4, -0.2) is 23.3 Å². The Hall–Kier alpha value is -0.650. The molecule has 0 spiro atoms. The van der Waals surface area contributed by atoms with E-state index in [1.54, 1.807) is 6.92 Å². The molecule has 0 aromatic carbocycles. The summed E-state index contributed by atoms with van der Waals surface area (Å²) in [6.07, 6.45) is 0.883. The quantitative estimate of drug-likeness (QED) is 0.798. The van der Waals surface area contributed by atoms with Gasteiger partial charge >= 0.3 is 0 Å². The summed E-state index contributed by atoms with van der Waals surface area (Å²) < 4.78 is 10.5. The van der Waals surface area contributed by atoms with Crippen molar-refractivity contribution in [1.82, 2.24) is 10.1 Å². The van der Waals surface area contributed by atoms with E-state index in [1.165, 1.54) is 0 Å². The van der Waals surface area contributed by atoms with Crippen LogP contribution in [0.25, 0.3) is 0 Å². The molecule has 0 amide bonds. The van der Waals surface area contributed by atoms with Crippen molar-refractivity contribution >= 4 is 12.4 Å². The molecule has 1 fully saturated rings. The molecule has 80 valence electrons. The third kappa shape index (κ3) is 2.05. The van der Waals surface area contributed by atoms with Crippen molar-refractivity contribution in [3.8, 4) is 0 Å². The monoisotopic (exact) mass is 219 g/mol. The van der Waals surface area contributed by atoms with E-state index in [4.69, 9.17) is 15.0 Å². The van der Waals surface area contributed by atoms with Gasteiger partial charge in [-0.3, -0.25) is 0 Å². The van der Waals surface area contributed by atoms with E-state index in [1.807, 2.05) is 0 Å². The Morgan fingerprint density at radius 2 is 2.36 bits per heavy atom. The second-order valence-electron chi connectivity index (χ2n) is 3.26. The van der Waals surface area contributed by atoms with Gasteiger partial charge in [0.15, 0.2) is 5.82 Å². The highest BCUT2D eigenvalue weighted by molar-refractivity contribution is 5.85. The first-order valence-electron chi connectivity index (χ1n) is 4.43. The molecular weight excluding hydrogens is 206 g/mol. The molecule has 2 atom stereocenters. The van der Waals surface area contributed by atoms with Crippen LogP contribution >= 0.6 is 12.4 Å². The van der Waals surface area contributed by atoms with Gasteiger partial charge in [-0.15, -0.1) is 12.4 Å². The van der Waals surface area contributed by atoms with Crippen LogP contribution in [-0.2, 0) is 4.74 Å². The normalized spacial score (nSPS) is 26.1. The van der Waals surface area contributed by atoms with Crippen molar-refractivity contribution in [3.05, 3.63) is 11.7 Å². The lowest BCUT2D eigenvalue weighted by molar-refractivity contribution is 0.0642. The van der Waals surface area contributed by atoms with Gasteiger partial charge in [-0.05, 0) is 19.9 Å². The van der Waals surface area contributed by atoms with Gasteiger partial charge in [0.2, 0.25) is 0 Å². The van der Waals surface area contributed by atoms with E-state index in [-0.39, 0.29) is 18.5 Å². The van der Waals surface area contributed by atoms with Crippen LogP contribution in [0.4, 0.5) is 0 Å². The Labute approximate surface area is 88.4 Å². The minimum absolute atomic E-state index is 0. The van der Waals surface area contributed by atoms with Gasteiger partial charge in [-0.25, -0.2) is 0 Å². The fourth-order valence-corrected chi connectivity index (χ4v) is 1.58. The molecule has 1 aromatic rings. The van der Waals surface area contributed by atoms with Gasteiger partial charge < -0.3 is 15.0 Å². The molecule has 0 unspecified atom stereocenters. The van der Waals surface area contributed by atoms with Gasteiger partial charge in [0.1, 0.15) is 6.10 Å². The number of nitrogens with zero attached hydrogens (tertiary/aromatic N) is 2. The first-order chi connectivity index (χ1) is 6.31. The number of hydrogen-bond donors (Lipinski definition) is 1. The van der Waals surface area contributed by atoms with Gasteiger partial charge in [0, 0.05) is 12.5 Å². The first-order valence-corrected chi connectivity index (χ1v) is 4.43. The highest BCUT2D eigenvalue weighted by atomic mass is 35.5. The Morgan fingerprint density at radius 1 is 1.57 bits per heavy atom. The fourth-order valence-electron chi connectivity index (χ4n) is 1.58. The van der Waals surface area contributed by atoms with E-state index in [0.717, 1.165) is 13.0 Å². The molecule has 1 saturated heterocycles. The Morgan fingerprint density at radius 3 is 2.93 bits per heavy atom. The molecule has 1 aliphatic heterocycles. The van der Waals surface area contributed by atoms with Crippen LogP contribution in [0.2, 0.25) is 0 Å². The highest BCUT2D eigenvalue weighted by Gasteiger charge is 2.32. The second-order valence-corrected chi connectivity index (χ2v) is 3.26. The number of aryl methyl sites for hydroxylation is 1. The molecule has 1 aliphatic rings. The SMILES string of the molecule is Cc1noc([C@H]2OCC[C@H]2CN)n1.Cl. The minimum atomic E-state index is -0.0915. The number of aromatic nitrogens is 2. The summed E-state index contributed by atoms with van der Waals surface area (Å²) in [4.78, 5) is 4.13. The predicted molar refractivity (Wildman–Crippen MR) is 52.1 cm³/mol. The van der Waals surface area contributed by atoms with Crippen LogP contribution in [0.1, 0.15) is 24.2 Å². The lowest BCUT2D eigenvalue weighted by Gasteiger charge is -2.11. The van der Waals surface area contributed by atoms with Gasteiger partial charge in [0.05, 0.1) is 0 Å². The van der Waals surface area contributed by atoms with Crippen LogP contribution in [0.15, 0.2) is 4.52 Å². The van der Waals surface area contributed by atoms with E-state index in [0.29, 0.717) is 24.2 Å². The summed E-state index contributed by atoms with van der Waals surface area (Å²) in [5, 5.41) is 3.72. The van der Waals surface area contributed by atoms with Crippen LogP contribution in [0, 0.1) is 12.8 Å². The highest BCUT2D eigenvalue weighted by Crippen LogP contribution is 2.32. The standard InChI is InChI=1S/C8H13N3O2.ClH/c1-5-10-8(13-11-5)7-6(4-9)2-3-12-7;/h6-7H,2-4,9H2,1H3;1H/t6-,7-;/m0./s1. The van der Waals surface area contributed by atoms with Crippen molar-refractivity contribution in [2.75, 3.05) is 13.2 Å². The van der Waals surface area contributed by atoms with Crippen LogP contribution in [0.3, 0.4) is 0 Å². The molecule has 0 aliphatic carbocycles. The second kappa shape index (κ2) is 4.72. The number of ether oxygens (including phenoxy) is 1. The number of rotatable bonds is 2. The lowest BCUT2D eigenvalue weighted by Crippen LogP contribution is -2.18. The van der Waals surface area contributed by atoms with E-state index < -0.39 is 0 Å². The molecule has 5 nitrogen and oxygen atoms in total. The molecule has 14 heavy (non-hydrogen) atoms. The summed E-state index contributed by atoms with van der Waals surface area (Å²) in [6, 6.07) is 0. The van der Waals surface area contributed by atoms with Gasteiger partial charge in [0.25, 0.3) is 5.89 Å². The number of hydrogen-bond acceptors (Lipinski definition) is 5. The van der Waals surface area contributed by atoms with Crippen LogP contribution < -0.4 is 5.73 Å². The zero-order valence-electron chi connectivity index (χ0n) is 7.97. The molecule has 0 bridgehead atoms. The predicted octanol–water partition coefficient (Wildman–Crippen LogP) is 0.836. The van der Waals surface area contributed by atoms with Gasteiger partial charge in [-0.2, -0.15) is 4.98 Å². The summed E-state index contributed by atoms with van der Waals surface area (Å²) in [7, 11) is 0. The van der Waals surface area contributed by atoms with Gasteiger partial charge in [-0.1, -0.05) is 5.16 Å². The fraction of sp³-hybridized carbons (Fsp3) is 0.750. The number of halogens is 1. The van der Waals surface area contributed by atoms with E-state index in [9.17, 15) is 0 Å². The molecule has 0 radical (unpaired) electrons. The zero-order chi connectivity index (χ0) is 9.26. The summed E-state index contributed by atoms with van der Waals surface area (Å²) >= 11 is 0. The van der Waals surface area contributed by atoms with Crippen LogP contribution in [0.5, 0.6) is 0 Å². The molecule has 2 rings (SSSR count). The van der Waals surface area contributed by atoms with E-state index >= 15 is 0 Å². The third-order valence-electron chi connectivity index (χ3n) is 2.30. The molecule has 1 aromatic heterocycles. The van der Waals surface area contributed by atoms with E-state index in [2.05, 4.69) is 10.1 Å². The Kier molecular flexibility index (Phi) is 3.86. The maximum atomic E-state index is 5.60. The molecular formula is C8H14ClN3O2. The zero-order valence-corrected chi connectivity index (χ0v) is 8.79. The Balaban J connectivity index is 0.000000980. The van der Waals surface area contributed by atoms with Crippen molar-refractivity contribution in [1.29, 1.82) is 0 Å². The molecule has 2 heterocycles. The third-order valence-corrected chi connectivity index (χ3v) is 2.30. The van der Waals surface area contributed by atoms with Crippen molar-refractivity contribution in [2.24, 2.45) is 11.7 Å². The first kappa shape index (κ1) is 11.4. The maximum absolute atomic E-state index is 5.60. The number of nitrogens with two attached hydrogens (primary N) is 1. The minimum Gasteiger partial charge on any atom is -0.368 e. The summed E-state index contributed by atoms with van der Waals surface area (Å²) in [5.74, 6) is 1.52. The lowest BCUT2D eigenvalue weighted by atomic mass is 10.0. The summed E-state index contributed by atoms with van der Waals surface area (Å²) in [6.45, 7) is 3.12. The maximum Gasteiger partial charge on any atom is 0.256 e. The molecule has 2 N–H and O–H groups in total. The van der Waals surface area contributed by atoms with Crippen molar-refractivity contribution in [3.63, 3.8) is 0 Å². The van der Waals surface area contributed by atoms with Crippen molar-refractivity contribution < 1.29 is 9.26 Å². The van der Waals surface area contributed by atoms with Crippen molar-refractivity contribution in [2.45, 2.75) is 19.4 Å². The Bertz CT molecular complexity index is 292. The molecule has 0 saturated carbocycles. The average Bonchev–Trinajstić information content (AvgIpc) is 2.71. The average molecular weight is 220 g/mol.